The van der Waals surface area contributed by atoms with Gasteiger partial charge in [-0.3, -0.25) is 9.48 Å². The molecule has 1 amide bonds. The number of carbonyl (C=O) groups is 1. The Morgan fingerprint density at radius 1 is 1.32 bits per heavy atom. The molecule has 1 aliphatic rings. The second-order valence-electron chi connectivity index (χ2n) is 5.01. The molecule has 2 aromatic heterocycles. The van der Waals surface area contributed by atoms with Crippen LogP contribution in [0.5, 0.6) is 0 Å². The number of benzene rings is 1. The highest BCUT2D eigenvalue weighted by Gasteiger charge is 2.21. The van der Waals surface area contributed by atoms with Gasteiger partial charge in [0.1, 0.15) is 0 Å². The number of halogens is 1. The van der Waals surface area contributed by atoms with Gasteiger partial charge < -0.3 is 10.7 Å². The van der Waals surface area contributed by atoms with Crippen LogP contribution in [-0.2, 0) is 7.05 Å². The fourth-order valence-corrected chi connectivity index (χ4v) is 2.68. The Hall–Kier alpha value is -2.80. The number of nitrogens with one attached hydrogen (secondary N) is 2. The van der Waals surface area contributed by atoms with E-state index in [9.17, 15) is 4.79 Å². The van der Waals surface area contributed by atoms with Gasteiger partial charge in [0.05, 0.1) is 23.7 Å². The first-order valence-corrected chi connectivity index (χ1v) is 6.41. The number of nitrogens with two attached hydrogens (primary N) is 1. The van der Waals surface area contributed by atoms with Crippen LogP contribution in [0.15, 0.2) is 29.6 Å². The minimum absolute atomic E-state index is 0. The number of hydrogen-bond acceptors (Lipinski definition) is 4. The fourth-order valence-electron chi connectivity index (χ4n) is 2.68. The molecule has 4 N–H and O–H groups in total. The van der Waals surface area contributed by atoms with Gasteiger partial charge in [0.2, 0.25) is 0 Å². The van der Waals surface area contributed by atoms with Crippen LogP contribution in [0.2, 0.25) is 0 Å². The summed E-state index contributed by atoms with van der Waals surface area (Å²) in [6, 6.07) is 3.48. The molecule has 3 heterocycles. The molecule has 0 saturated heterocycles. The van der Waals surface area contributed by atoms with Gasteiger partial charge in [-0.2, -0.15) is 10.2 Å². The average Bonchev–Trinajstić information content (AvgIpc) is 2.97. The van der Waals surface area contributed by atoms with E-state index in [1.165, 1.54) is 0 Å². The topological polar surface area (TPSA) is 101 Å². The van der Waals surface area contributed by atoms with Crippen LogP contribution >= 0.6 is 12.4 Å². The van der Waals surface area contributed by atoms with E-state index in [1.807, 2.05) is 19.3 Å². The number of hydrogen-bond donors (Lipinski definition) is 3. The Bertz CT molecular complexity index is 923. The van der Waals surface area contributed by atoms with Crippen molar-refractivity contribution in [1.29, 1.82) is 0 Å². The third-order valence-corrected chi connectivity index (χ3v) is 3.56. The molecule has 0 aliphatic carbocycles. The van der Waals surface area contributed by atoms with E-state index in [0.717, 1.165) is 27.7 Å². The number of nitrogens with zero attached hydrogens (tertiary/aromatic N) is 3. The first kappa shape index (κ1) is 14.2. The van der Waals surface area contributed by atoms with E-state index in [1.54, 1.807) is 23.2 Å². The molecule has 4 rings (SSSR count). The lowest BCUT2D eigenvalue weighted by atomic mass is 10.0. The number of aryl methyl sites for hydroxylation is 1. The lowest BCUT2D eigenvalue weighted by molar-refractivity contribution is 0.0957. The summed E-state index contributed by atoms with van der Waals surface area (Å²) in [6.45, 7) is 0. The monoisotopic (exact) mass is 316 g/mol. The standard InChI is InChI=1S/C14H12N6O.ClH/c1-20-6-7(4-17-20)13-10-5-16-19-14(21)9-2-8(15)3-11(18-13)12(9)10;/h2-6,18H,15H2,1H3,(H,19,21);1H. The molecule has 3 aromatic rings. The van der Waals surface area contributed by atoms with Crippen LogP contribution in [0.4, 0.5) is 5.69 Å². The van der Waals surface area contributed by atoms with Crippen molar-refractivity contribution in [2.24, 2.45) is 12.1 Å². The Kier molecular flexibility index (Phi) is 3.14. The molecule has 0 fully saturated rings. The van der Waals surface area contributed by atoms with Crippen molar-refractivity contribution >= 4 is 41.1 Å². The van der Waals surface area contributed by atoms with E-state index in [2.05, 4.69) is 20.6 Å². The molecule has 8 heteroatoms. The highest BCUT2D eigenvalue weighted by Crippen LogP contribution is 2.33. The van der Waals surface area contributed by atoms with Gasteiger partial charge in [-0.05, 0) is 12.1 Å². The SMILES string of the molecule is Cl.Cn1cc(-c2[nH]c3cc(N)cc4c3c2C=NNC4=O)cn1. The number of amides is 1. The summed E-state index contributed by atoms with van der Waals surface area (Å²) in [5.74, 6) is -0.265. The number of aromatic nitrogens is 3. The first-order chi connectivity index (χ1) is 10.1. The maximum absolute atomic E-state index is 12.1. The predicted octanol–water partition coefficient (Wildman–Crippen LogP) is 1.65. The van der Waals surface area contributed by atoms with Gasteiger partial charge in [-0.25, -0.2) is 5.43 Å². The summed E-state index contributed by atoms with van der Waals surface area (Å²) in [7, 11) is 1.85. The second-order valence-corrected chi connectivity index (χ2v) is 5.01. The maximum Gasteiger partial charge on any atom is 0.272 e. The molecule has 112 valence electrons. The lowest BCUT2D eigenvalue weighted by Gasteiger charge is -2.02. The number of anilines is 1. The van der Waals surface area contributed by atoms with E-state index < -0.39 is 0 Å². The van der Waals surface area contributed by atoms with E-state index in [4.69, 9.17) is 5.73 Å². The number of nitrogen functional groups attached to an aromatic ring is 1. The lowest BCUT2D eigenvalue weighted by Crippen LogP contribution is -2.16. The van der Waals surface area contributed by atoms with Gasteiger partial charge in [0.25, 0.3) is 5.91 Å². The van der Waals surface area contributed by atoms with Crippen molar-refractivity contribution in [3.05, 3.63) is 35.7 Å². The number of carbonyl (C=O) groups excluding carboxylic acids is 1. The molecule has 0 atom stereocenters. The zero-order valence-corrected chi connectivity index (χ0v) is 12.4. The Labute approximate surface area is 131 Å². The number of H-pyrrole nitrogens is 1. The van der Waals surface area contributed by atoms with E-state index >= 15 is 0 Å². The van der Waals surface area contributed by atoms with Crippen LogP contribution in [0, 0.1) is 0 Å². The third kappa shape index (κ3) is 1.94. The summed E-state index contributed by atoms with van der Waals surface area (Å²) in [6.07, 6.45) is 5.31. The highest BCUT2D eigenvalue weighted by atomic mass is 35.5. The first-order valence-electron chi connectivity index (χ1n) is 6.41. The number of aromatic amines is 1. The van der Waals surface area contributed by atoms with Crippen LogP contribution in [-0.4, -0.2) is 26.9 Å². The van der Waals surface area contributed by atoms with Crippen molar-refractivity contribution in [3.8, 4) is 11.3 Å². The van der Waals surface area contributed by atoms with Crippen molar-refractivity contribution in [3.63, 3.8) is 0 Å². The second kappa shape index (κ2) is 4.88. The Morgan fingerprint density at radius 3 is 2.86 bits per heavy atom. The molecular formula is C14H13ClN6O. The van der Waals surface area contributed by atoms with Crippen LogP contribution in [0.25, 0.3) is 22.2 Å². The smallest absolute Gasteiger partial charge is 0.272 e. The average molecular weight is 317 g/mol. The minimum atomic E-state index is -0.265. The van der Waals surface area contributed by atoms with E-state index in [0.29, 0.717) is 11.3 Å². The molecule has 1 aliphatic heterocycles. The van der Waals surface area contributed by atoms with Crippen LogP contribution in [0.1, 0.15) is 15.9 Å². The maximum atomic E-state index is 12.1. The Morgan fingerprint density at radius 2 is 2.14 bits per heavy atom. The van der Waals surface area contributed by atoms with Gasteiger partial charge in [0.15, 0.2) is 0 Å². The number of rotatable bonds is 1. The van der Waals surface area contributed by atoms with Crippen molar-refractivity contribution in [1.82, 2.24) is 20.2 Å². The van der Waals surface area contributed by atoms with Crippen LogP contribution in [0.3, 0.4) is 0 Å². The minimum Gasteiger partial charge on any atom is -0.399 e. The summed E-state index contributed by atoms with van der Waals surface area (Å²) >= 11 is 0. The zero-order chi connectivity index (χ0) is 14.6. The normalized spacial score (nSPS) is 12.9. The predicted molar refractivity (Wildman–Crippen MR) is 87.2 cm³/mol. The third-order valence-electron chi connectivity index (χ3n) is 3.56. The van der Waals surface area contributed by atoms with Crippen LogP contribution < -0.4 is 11.2 Å². The molecule has 0 bridgehead atoms. The molecule has 22 heavy (non-hydrogen) atoms. The molecule has 0 saturated carbocycles. The largest absolute Gasteiger partial charge is 0.399 e. The Balaban J connectivity index is 0.00000144. The molecule has 7 nitrogen and oxygen atoms in total. The summed E-state index contributed by atoms with van der Waals surface area (Å²) in [4.78, 5) is 15.4. The summed E-state index contributed by atoms with van der Waals surface area (Å²) < 4.78 is 1.72. The molecular weight excluding hydrogens is 304 g/mol. The summed E-state index contributed by atoms with van der Waals surface area (Å²) in [5, 5.41) is 8.97. The van der Waals surface area contributed by atoms with Gasteiger partial charge >= 0.3 is 0 Å². The highest BCUT2D eigenvalue weighted by molar-refractivity contribution is 6.17. The van der Waals surface area contributed by atoms with Gasteiger partial charge in [-0.1, -0.05) is 0 Å². The van der Waals surface area contributed by atoms with Crippen molar-refractivity contribution < 1.29 is 4.79 Å². The molecule has 0 unspecified atom stereocenters. The quantitative estimate of drug-likeness (QED) is 0.595. The van der Waals surface area contributed by atoms with Crippen molar-refractivity contribution in [2.45, 2.75) is 0 Å². The van der Waals surface area contributed by atoms with Crippen molar-refractivity contribution in [2.75, 3.05) is 5.73 Å². The molecule has 0 radical (unpaired) electrons. The zero-order valence-electron chi connectivity index (χ0n) is 11.6. The van der Waals surface area contributed by atoms with Gasteiger partial charge in [-0.15, -0.1) is 12.4 Å². The number of hydrazone groups is 1. The fraction of sp³-hybridized carbons (Fsp3) is 0.0714. The van der Waals surface area contributed by atoms with Gasteiger partial charge in [0, 0.05) is 41.0 Å². The molecule has 1 aromatic carbocycles. The van der Waals surface area contributed by atoms with E-state index in [-0.39, 0.29) is 18.3 Å². The molecule has 0 spiro atoms. The summed E-state index contributed by atoms with van der Waals surface area (Å²) in [5.41, 5.74) is 12.9.